The van der Waals surface area contributed by atoms with Gasteiger partial charge in [-0.15, -0.1) is 0 Å². The first kappa shape index (κ1) is 13.9. The first-order valence-electron chi connectivity index (χ1n) is 5.94. The molecule has 0 aliphatic heterocycles. The van der Waals surface area contributed by atoms with Crippen molar-refractivity contribution >= 4 is 0 Å². The Morgan fingerprint density at radius 2 is 1.64 bits per heavy atom. The molecule has 2 heteroatoms. The largest absolute Gasteiger partial charge is 0.393 e. The van der Waals surface area contributed by atoms with Crippen molar-refractivity contribution in [2.45, 2.75) is 71.5 Å². The fourth-order valence-electron chi connectivity index (χ4n) is 1.55. The molecular weight excluding hydrogens is 176 g/mol. The Labute approximate surface area is 88.3 Å². The molecule has 1 aliphatic carbocycles. The molecule has 14 heavy (non-hydrogen) atoms. The summed E-state index contributed by atoms with van der Waals surface area (Å²) < 4.78 is 0. The fraction of sp³-hybridized carbons (Fsp3) is 1.00. The van der Waals surface area contributed by atoms with Crippen LogP contribution in [0.2, 0.25) is 0 Å². The summed E-state index contributed by atoms with van der Waals surface area (Å²) in [6, 6.07) is 0. The van der Waals surface area contributed by atoms with Crippen LogP contribution in [0, 0.1) is 5.92 Å². The average Bonchev–Trinajstić information content (AvgIpc) is 2.18. The van der Waals surface area contributed by atoms with Crippen molar-refractivity contribution < 1.29 is 10.2 Å². The first-order chi connectivity index (χ1) is 6.57. The minimum atomic E-state index is -0.0972. The highest BCUT2D eigenvalue weighted by molar-refractivity contribution is 4.61. The van der Waals surface area contributed by atoms with Gasteiger partial charge in [-0.1, -0.05) is 40.0 Å². The number of hydrogen-bond acceptors (Lipinski definition) is 2. The second kappa shape index (κ2) is 8.25. The summed E-state index contributed by atoms with van der Waals surface area (Å²) in [6.07, 6.45) is 6.70. The first-order valence-corrected chi connectivity index (χ1v) is 5.94. The predicted octanol–water partition coefficient (Wildman–Crippen LogP) is 2.72. The molecule has 0 amide bonds. The second-order valence-corrected chi connectivity index (χ2v) is 4.51. The van der Waals surface area contributed by atoms with Gasteiger partial charge in [0.2, 0.25) is 0 Å². The van der Waals surface area contributed by atoms with Gasteiger partial charge in [0.1, 0.15) is 0 Å². The van der Waals surface area contributed by atoms with E-state index in [0.29, 0.717) is 5.92 Å². The Morgan fingerprint density at radius 1 is 1.14 bits per heavy atom. The van der Waals surface area contributed by atoms with Gasteiger partial charge in [-0.3, -0.25) is 0 Å². The topological polar surface area (TPSA) is 40.5 Å². The van der Waals surface area contributed by atoms with Crippen LogP contribution in [0.15, 0.2) is 0 Å². The molecule has 0 aromatic heterocycles. The van der Waals surface area contributed by atoms with Crippen LogP contribution in [0.25, 0.3) is 0 Å². The van der Waals surface area contributed by atoms with E-state index in [1.165, 1.54) is 19.3 Å². The van der Waals surface area contributed by atoms with E-state index in [4.69, 9.17) is 10.2 Å². The molecule has 1 fully saturated rings. The van der Waals surface area contributed by atoms with Gasteiger partial charge in [0, 0.05) is 0 Å². The van der Waals surface area contributed by atoms with Gasteiger partial charge in [-0.05, 0) is 25.2 Å². The SMILES string of the molecule is CCC(O)C(C)C.OC1CCCCC1. The van der Waals surface area contributed by atoms with Crippen LogP contribution in [0.5, 0.6) is 0 Å². The number of aliphatic hydroxyl groups is 2. The van der Waals surface area contributed by atoms with E-state index in [1.807, 2.05) is 20.8 Å². The third-order valence-electron chi connectivity index (χ3n) is 2.76. The zero-order chi connectivity index (χ0) is 11.0. The molecule has 0 aromatic rings. The van der Waals surface area contributed by atoms with Gasteiger partial charge in [-0.2, -0.15) is 0 Å². The van der Waals surface area contributed by atoms with E-state index >= 15 is 0 Å². The van der Waals surface area contributed by atoms with E-state index < -0.39 is 0 Å². The Bertz CT molecular complexity index is 117. The Hall–Kier alpha value is -0.0800. The molecular formula is C12H26O2. The van der Waals surface area contributed by atoms with Crippen molar-refractivity contribution in [3.8, 4) is 0 Å². The summed E-state index contributed by atoms with van der Waals surface area (Å²) in [5.41, 5.74) is 0. The fourth-order valence-corrected chi connectivity index (χ4v) is 1.55. The van der Waals surface area contributed by atoms with E-state index in [9.17, 15) is 0 Å². The highest BCUT2D eigenvalue weighted by atomic mass is 16.3. The summed E-state index contributed by atoms with van der Waals surface area (Å²) >= 11 is 0. The standard InChI is InChI=1S/C6H12O.C6H14O/c7-6-4-2-1-3-5-6;1-4-6(7)5(2)3/h6-7H,1-5H2;5-7H,4H2,1-3H3. The van der Waals surface area contributed by atoms with Crippen molar-refractivity contribution in [1.29, 1.82) is 0 Å². The molecule has 2 nitrogen and oxygen atoms in total. The van der Waals surface area contributed by atoms with Crippen LogP contribution in [-0.4, -0.2) is 22.4 Å². The van der Waals surface area contributed by atoms with Gasteiger partial charge < -0.3 is 10.2 Å². The molecule has 86 valence electrons. The lowest BCUT2D eigenvalue weighted by molar-refractivity contribution is 0.121. The Kier molecular flexibility index (Phi) is 8.20. The molecule has 1 rings (SSSR count). The van der Waals surface area contributed by atoms with Gasteiger partial charge in [0.15, 0.2) is 0 Å². The van der Waals surface area contributed by atoms with Crippen LogP contribution >= 0.6 is 0 Å². The number of hydrogen-bond donors (Lipinski definition) is 2. The molecule has 0 spiro atoms. The van der Waals surface area contributed by atoms with Gasteiger partial charge in [0.05, 0.1) is 12.2 Å². The molecule has 2 N–H and O–H groups in total. The van der Waals surface area contributed by atoms with E-state index in [2.05, 4.69) is 0 Å². The lowest BCUT2D eigenvalue weighted by Gasteiger charge is -2.14. The van der Waals surface area contributed by atoms with Crippen molar-refractivity contribution in [1.82, 2.24) is 0 Å². The van der Waals surface area contributed by atoms with Gasteiger partial charge in [0.25, 0.3) is 0 Å². The average molecular weight is 202 g/mol. The van der Waals surface area contributed by atoms with Crippen LogP contribution in [-0.2, 0) is 0 Å². The summed E-state index contributed by atoms with van der Waals surface area (Å²) in [7, 11) is 0. The molecule has 0 aromatic carbocycles. The van der Waals surface area contributed by atoms with Gasteiger partial charge >= 0.3 is 0 Å². The molecule has 1 atom stereocenters. The molecule has 0 saturated heterocycles. The second-order valence-electron chi connectivity index (χ2n) is 4.51. The normalized spacial score (nSPS) is 20.1. The highest BCUT2D eigenvalue weighted by Gasteiger charge is 2.07. The molecule has 1 unspecified atom stereocenters. The summed E-state index contributed by atoms with van der Waals surface area (Å²) in [4.78, 5) is 0. The summed E-state index contributed by atoms with van der Waals surface area (Å²) in [6.45, 7) is 6.03. The predicted molar refractivity (Wildman–Crippen MR) is 60.2 cm³/mol. The minimum Gasteiger partial charge on any atom is -0.393 e. The third kappa shape index (κ3) is 7.34. The third-order valence-corrected chi connectivity index (χ3v) is 2.76. The van der Waals surface area contributed by atoms with Crippen molar-refractivity contribution in [2.75, 3.05) is 0 Å². The summed E-state index contributed by atoms with van der Waals surface area (Å²) in [5, 5.41) is 17.8. The minimum absolute atomic E-state index is 0.0359. The van der Waals surface area contributed by atoms with Crippen LogP contribution in [0.3, 0.4) is 0 Å². The van der Waals surface area contributed by atoms with E-state index in [1.54, 1.807) is 0 Å². The maximum atomic E-state index is 8.94. The number of aliphatic hydroxyl groups excluding tert-OH is 2. The summed E-state index contributed by atoms with van der Waals surface area (Å²) in [5.74, 6) is 0.421. The zero-order valence-electron chi connectivity index (χ0n) is 9.87. The lowest BCUT2D eigenvalue weighted by Crippen LogP contribution is -2.11. The van der Waals surface area contributed by atoms with Crippen LogP contribution in [0.1, 0.15) is 59.3 Å². The van der Waals surface area contributed by atoms with Gasteiger partial charge in [-0.25, -0.2) is 0 Å². The quantitative estimate of drug-likeness (QED) is 0.723. The zero-order valence-corrected chi connectivity index (χ0v) is 9.87. The molecule has 0 heterocycles. The smallest absolute Gasteiger partial charge is 0.0560 e. The lowest BCUT2D eigenvalue weighted by atomic mass is 9.98. The van der Waals surface area contributed by atoms with E-state index in [0.717, 1.165) is 19.3 Å². The maximum absolute atomic E-state index is 8.94. The van der Waals surface area contributed by atoms with Crippen molar-refractivity contribution in [2.24, 2.45) is 5.92 Å². The molecule has 0 radical (unpaired) electrons. The molecule has 0 bridgehead atoms. The van der Waals surface area contributed by atoms with E-state index in [-0.39, 0.29) is 12.2 Å². The molecule has 1 aliphatic rings. The Morgan fingerprint density at radius 3 is 1.79 bits per heavy atom. The van der Waals surface area contributed by atoms with Crippen LogP contribution in [0.4, 0.5) is 0 Å². The molecule has 1 saturated carbocycles. The van der Waals surface area contributed by atoms with Crippen molar-refractivity contribution in [3.63, 3.8) is 0 Å². The van der Waals surface area contributed by atoms with Crippen molar-refractivity contribution in [3.05, 3.63) is 0 Å². The van der Waals surface area contributed by atoms with Crippen LogP contribution < -0.4 is 0 Å². The Balaban J connectivity index is 0.000000241. The maximum Gasteiger partial charge on any atom is 0.0560 e. The highest BCUT2D eigenvalue weighted by Crippen LogP contribution is 2.16. The number of rotatable bonds is 2. The monoisotopic (exact) mass is 202 g/mol.